The summed E-state index contributed by atoms with van der Waals surface area (Å²) in [5.74, 6) is 0. The van der Waals surface area contributed by atoms with Crippen LogP contribution in [0.15, 0.2) is 146 Å². The number of rotatable bonds is 3. The fourth-order valence-electron chi connectivity index (χ4n) is 5.48. The molecule has 0 spiro atoms. The number of hydrogen-bond donors (Lipinski definition) is 0. The monoisotopic (exact) mass is 456 g/mol. The lowest BCUT2D eigenvalue weighted by molar-refractivity contribution is 1.62. The highest BCUT2D eigenvalue weighted by Gasteiger charge is 2.13. The lowest BCUT2D eigenvalue weighted by Crippen LogP contribution is -1.89. The van der Waals surface area contributed by atoms with Gasteiger partial charge in [-0.3, -0.25) is 0 Å². The SMILES string of the molecule is c1ccc(-c2cccc3c(-c4cccc(-c5ccc6ccccc6c5)c4)cc4ccccc4c23)cc1. The van der Waals surface area contributed by atoms with Crippen LogP contribution in [0.5, 0.6) is 0 Å². The summed E-state index contributed by atoms with van der Waals surface area (Å²) in [6.07, 6.45) is 0. The summed E-state index contributed by atoms with van der Waals surface area (Å²) in [5, 5.41) is 7.69. The standard InChI is InChI=1S/C36H24/c1-2-11-26(12-3-1)32-18-9-19-34-35(24-31-14-6-7-17-33(31)36(32)34)30-16-8-15-28(23-30)29-21-20-25-10-4-5-13-27(25)22-29/h1-24H. The van der Waals surface area contributed by atoms with E-state index in [1.807, 2.05) is 0 Å². The molecule has 0 aliphatic rings. The highest BCUT2D eigenvalue weighted by molar-refractivity contribution is 6.19. The van der Waals surface area contributed by atoms with Crippen molar-refractivity contribution in [3.63, 3.8) is 0 Å². The third-order valence-electron chi connectivity index (χ3n) is 7.23. The van der Waals surface area contributed by atoms with Gasteiger partial charge in [0, 0.05) is 0 Å². The summed E-state index contributed by atoms with van der Waals surface area (Å²) < 4.78 is 0. The summed E-state index contributed by atoms with van der Waals surface area (Å²) in [4.78, 5) is 0. The molecule has 0 aliphatic heterocycles. The first-order chi connectivity index (χ1) is 17.8. The van der Waals surface area contributed by atoms with E-state index in [0.29, 0.717) is 0 Å². The van der Waals surface area contributed by atoms with Crippen LogP contribution >= 0.6 is 0 Å². The minimum atomic E-state index is 1.23. The van der Waals surface area contributed by atoms with Crippen LogP contribution in [0.3, 0.4) is 0 Å². The second-order valence-electron chi connectivity index (χ2n) is 9.38. The van der Waals surface area contributed by atoms with Crippen molar-refractivity contribution in [1.29, 1.82) is 0 Å². The minimum absolute atomic E-state index is 1.23. The van der Waals surface area contributed by atoms with Gasteiger partial charge in [0.1, 0.15) is 0 Å². The molecule has 168 valence electrons. The number of benzene rings is 7. The smallest absolute Gasteiger partial charge is 0.00206 e. The molecule has 0 aliphatic carbocycles. The maximum atomic E-state index is 2.35. The van der Waals surface area contributed by atoms with E-state index in [1.54, 1.807) is 0 Å². The van der Waals surface area contributed by atoms with Crippen molar-refractivity contribution < 1.29 is 0 Å². The molecule has 0 heteroatoms. The summed E-state index contributed by atoms with van der Waals surface area (Å²) >= 11 is 0. The molecule has 0 fully saturated rings. The highest BCUT2D eigenvalue weighted by Crippen LogP contribution is 2.41. The van der Waals surface area contributed by atoms with Crippen LogP contribution in [0.1, 0.15) is 0 Å². The largest absolute Gasteiger partial charge is 0.0622 e. The Balaban J connectivity index is 1.48. The Labute approximate surface area is 211 Å². The molecular formula is C36H24. The molecule has 0 radical (unpaired) electrons. The summed E-state index contributed by atoms with van der Waals surface area (Å²) in [7, 11) is 0. The molecule has 0 saturated heterocycles. The quantitative estimate of drug-likeness (QED) is 0.232. The zero-order chi connectivity index (χ0) is 23.9. The summed E-state index contributed by atoms with van der Waals surface area (Å²) in [5.41, 5.74) is 7.50. The first kappa shape index (κ1) is 20.7. The van der Waals surface area contributed by atoms with E-state index < -0.39 is 0 Å². The Kier molecular flexibility index (Phi) is 4.89. The predicted molar refractivity (Wildman–Crippen MR) is 155 cm³/mol. The molecule has 7 rings (SSSR count). The van der Waals surface area contributed by atoms with Crippen molar-refractivity contribution in [2.45, 2.75) is 0 Å². The average Bonchev–Trinajstić information content (AvgIpc) is 2.96. The van der Waals surface area contributed by atoms with Gasteiger partial charge in [0.2, 0.25) is 0 Å². The average molecular weight is 457 g/mol. The van der Waals surface area contributed by atoms with Gasteiger partial charge < -0.3 is 0 Å². The van der Waals surface area contributed by atoms with Crippen LogP contribution in [0.25, 0.3) is 65.7 Å². The van der Waals surface area contributed by atoms with Crippen molar-refractivity contribution in [1.82, 2.24) is 0 Å². The third kappa shape index (κ3) is 3.47. The predicted octanol–water partition coefficient (Wildman–Crippen LogP) is 10.1. The van der Waals surface area contributed by atoms with Gasteiger partial charge >= 0.3 is 0 Å². The van der Waals surface area contributed by atoms with E-state index in [4.69, 9.17) is 0 Å². The first-order valence-corrected chi connectivity index (χ1v) is 12.4. The molecular weight excluding hydrogens is 432 g/mol. The lowest BCUT2D eigenvalue weighted by atomic mass is 9.88. The van der Waals surface area contributed by atoms with Crippen molar-refractivity contribution in [3.05, 3.63) is 146 Å². The normalized spacial score (nSPS) is 11.3. The minimum Gasteiger partial charge on any atom is -0.0622 e. The fourth-order valence-corrected chi connectivity index (χ4v) is 5.48. The molecule has 0 atom stereocenters. The van der Waals surface area contributed by atoms with Gasteiger partial charge in [-0.1, -0.05) is 127 Å². The zero-order valence-electron chi connectivity index (χ0n) is 19.9. The van der Waals surface area contributed by atoms with Gasteiger partial charge in [0.25, 0.3) is 0 Å². The van der Waals surface area contributed by atoms with Gasteiger partial charge in [-0.25, -0.2) is 0 Å². The topological polar surface area (TPSA) is 0 Å². The lowest BCUT2D eigenvalue weighted by Gasteiger charge is -2.16. The van der Waals surface area contributed by atoms with Crippen LogP contribution in [0, 0.1) is 0 Å². The second-order valence-corrected chi connectivity index (χ2v) is 9.38. The van der Waals surface area contributed by atoms with E-state index in [0.717, 1.165) is 0 Å². The van der Waals surface area contributed by atoms with Gasteiger partial charge in [-0.2, -0.15) is 0 Å². The molecule has 0 nitrogen and oxygen atoms in total. The van der Waals surface area contributed by atoms with E-state index >= 15 is 0 Å². The van der Waals surface area contributed by atoms with E-state index in [2.05, 4.69) is 146 Å². The molecule has 0 N–H and O–H groups in total. The van der Waals surface area contributed by atoms with Crippen molar-refractivity contribution >= 4 is 32.3 Å². The molecule has 0 heterocycles. The van der Waals surface area contributed by atoms with E-state index in [1.165, 1.54) is 65.7 Å². The van der Waals surface area contributed by atoms with Crippen LogP contribution in [-0.2, 0) is 0 Å². The maximum Gasteiger partial charge on any atom is -0.00206 e. The van der Waals surface area contributed by atoms with Crippen LogP contribution in [0.4, 0.5) is 0 Å². The van der Waals surface area contributed by atoms with Crippen LogP contribution < -0.4 is 0 Å². The fraction of sp³-hybridized carbons (Fsp3) is 0. The van der Waals surface area contributed by atoms with Crippen molar-refractivity contribution in [3.8, 4) is 33.4 Å². The Morgan fingerprint density at radius 1 is 0.278 bits per heavy atom. The highest BCUT2D eigenvalue weighted by atomic mass is 14.2. The molecule has 0 saturated carbocycles. The zero-order valence-corrected chi connectivity index (χ0v) is 19.9. The Bertz CT molecular complexity index is 1880. The van der Waals surface area contributed by atoms with Crippen molar-refractivity contribution in [2.75, 3.05) is 0 Å². The summed E-state index contributed by atoms with van der Waals surface area (Å²) in [6.45, 7) is 0. The van der Waals surface area contributed by atoms with Gasteiger partial charge in [-0.05, 0) is 83.9 Å². The molecule has 36 heavy (non-hydrogen) atoms. The van der Waals surface area contributed by atoms with Gasteiger partial charge in [0.15, 0.2) is 0 Å². The summed E-state index contributed by atoms with van der Waals surface area (Å²) in [6, 6.07) is 52.8. The second kappa shape index (κ2) is 8.52. The van der Waals surface area contributed by atoms with Gasteiger partial charge in [-0.15, -0.1) is 0 Å². The molecule has 0 aromatic heterocycles. The van der Waals surface area contributed by atoms with Crippen LogP contribution in [0.2, 0.25) is 0 Å². The van der Waals surface area contributed by atoms with Gasteiger partial charge in [0.05, 0.1) is 0 Å². The number of hydrogen-bond acceptors (Lipinski definition) is 0. The molecule has 7 aromatic rings. The van der Waals surface area contributed by atoms with Crippen molar-refractivity contribution in [2.24, 2.45) is 0 Å². The van der Waals surface area contributed by atoms with Crippen LogP contribution in [-0.4, -0.2) is 0 Å². The Morgan fingerprint density at radius 2 is 0.917 bits per heavy atom. The third-order valence-corrected chi connectivity index (χ3v) is 7.23. The van der Waals surface area contributed by atoms with E-state index in [-0.39, 0.29) is 0 Å². The Morgan fingerprint density at radius 3 is 1.81 bits per heavy atom. The molecule has 7 aromatic carbocycles. The maximum absolute atomic E-state index is 2.35. The Hall–Kier alpha value is -4.68. The molecule has 0 amide bonds. The molecule has 0 bridgehead atoms. The molecule has 0 unspecified atom stereocenters. The van der Waals surface area contributed by atoms with E-state index in [9.17, 15) is 0 Å². The first-order valence-electron chi connectivity index (χ1n) is 12.4. The number of fused-ring (bicyclic) bond motifs is 4.